The summed E-state index contributed by atoms with van der Waals surface area (Å²) in [5, 5.41) is 20.2. The van der Waals surface area contributed by atoms with Crippen molar-refractivity contribution in [1.82, 2.24) is 0 Å². The second-order valence-electron chi connectivity index (χ2n) is 6.72. The highest BCUT2D eigenvalue weighted by Gasteiger charge is 2.68. The van der Waals surface area contributed by atoms with Gasteiger partial charge in [0.05, 0.1) is 17.2 Å². The quantitative estimate of drug-likeness (QED) is 0.521. The summed E-state index contributed by atoms with van der Waals surface area (Å²) in [6.45, 7) is 2.25. The molecule has 0 aromatic heterocycles. The van der Waals surface area contributed by atoms with Gasteiger partial charge >= 0.3 is 23.9 Å². The molecule has 2 rings (SSSR count). The third-order valence-electron chi connectivity index (χ3n) is 4.55. The molecule has 0 radical (unpaired) electrons. The van der Waals surface area contributed by atoms with Crippen LogP contribution in [-0.4, -0.2) is 46.3 Å². The van der Waals surface area contributed by atoms with Crippen molar-refractivity contribution in [2.45, 2.75) is 38.0 Å². The highest BCUT2D eigenvalue weighted by atomic mass is 19.4. The van der Waals surface area contributed by atoms with Crippen LogP contribution >= 0.6 is 0 Å². The number of hydrogen-bond acceptors (Lipinski definition) is 6. The molecular formula is C21H21F3O6. The first-order chi connectivity index (χ1) is 14.0. The summed E-state index contributed by atoms with van der Waals surface area (Å²) < 4.78 is 51.9. The van der Waals surface area contributed by atoms with Crippen molar-refractivity contribution >= 4 is 11.9 Å². The van der Waals surface area contributed by atoms with Crippen LogP contribution in [0.25, 0.3) is 0 Å². The number of rotatable bonds is 7. The lowest BCUT2D eigenvalue weighted by Crippen LogP contribution is -2.63. The lowest BCUT2D eigenvalue weighted by atomic mass is 9.91. The monoisotopic (exact) mass is 426 g/mol. The van der Waals surface area contributed by atoms with E-state index in [-0.39, 0.29) is 11.1 Å². The summed E-state index contributed by atoms with van der Waals surface area (Å²) >= 11 is 0. The Morgan fingerprint density at radius 3 is 1.47 bits per heavy atom. The molecule has 0 aliphatic heterocycles. The van der Waals surface area contributed by atoms with E-state index in [1.165, 1.54) is 60.7 Å². The second kappa shape index (κ2) is 9.27. The van der Waals surface area contributed by atoms with Crippen molar-refractivity contribution in [2.75, 3.05) is 0 Å². The van der Waals surface area contributed by atoms with E-state index < -0.39 is 42.0 Å². The molecule has 0 saturated carbocycles. The number of ether oxygens (including phenoxy) is 2. The Morgan fingerprint density at radius 2 is 1.17 bits per heavy atom. The number of hydrogen-bond donors (Lipinski definition) is 2. The highest BCUT2D eigenvalue weighted by molar-refractivity contribution is 5.91. The number of esters is 2. The van der Waals surface area contributed by atoms with Gasteiger partial charge < -0.3 is 19.7 Å². The maximum absolute atomic E-state index is 14.2. The third kappa shape index (κ3) is 4.98. The molecule has 2 N–H and O–H groups in total. The highest BCUT2D eigenvalue weighted by Crippen LogP contribution is 2.42. The molecule has 0 bridgehead atoms. The van der Waals surface area contributed by atoms with Gasteiger partial charge in [-0.3, -0.25) is 0 Å². The largest absolute Gasteiger partial charge is 0.471 e. The van der Waals surface area contributed by atoms with Gasteiger partial charge in [-0.15, -0.1) is 0 Å². The van der Waals surface area contributed by atoms with E-state index in [9.17, 15) is 33.0 Å². The minimum Gasteiger partial charge on any atom is -0.408 e. The molecular weight excluding hydrogens is 405 g/mol. The van der Waals surface area contributed by atoms with E-state index in [1.807, 2.05) is 0 Å². The fraction of sp³-hybridized carbons (Fsp3) is 0.333. The summed E-state index contributed by atoms with van der Waals surface area (Å²) in [5.74, 6) is -8.46. The molecule has 3 unspecified atom stereocenters. The van der Waals surface area contributed by atoms with Gasteiger partial charge in [-0.2, -0.15) is 13.2 Å². The van der Waals surface area contributed by atoms with E-state index in [0.29, 0.717) is 0 Å². The Bertz CT molecular complexity index is 799. The van der Waals surface area contributed by atoms with E-state index in [0.717, 1.165) is 13.8 Å². The number of aliphatic hydroxyl groups excluding tert-OH is 2. The number of alkyl halides is 3. The predicted molar refractivity (Wildman–Crippen MR) is 99.4 cm³/mol. The van der Waals surface area contributed by atoms with Gasteiger partial charge in [-0.05, 0) is 31.2 Å². The zero-order chi connectivity index (χ0) is 22.5. The molecule has 30 heavy (non-hydrogen) atoms. The van der Waals surface area contributed by atoms with Gasteiger partial charge in [0.1, 0.15) is 6.10 Å². The normalized spacial score (nSPS) is 15.0. The molecule has 3 atom stereocenters. The first-order valence-electron chi connectivity index (χ1n) is 8.99. The van der Waals surface area contributed by atoms with Crippen molar-refractivity contribution in [3.63, 3.8) is 0 Å². The first-order valence-corrected chi connectivity index (χ1v) is 8.99. The number of carbonyl (C=O) groups excluding carboxylic acids is 2. The molecule has 0 saturated heterocycles. The van der Waals surface area contributed by atoms with Gasteiger partial charge in [0.25, 0.3) is 0 Å². The van der Waals surface area contributed by atoms with Gasteiger partial charge in [0, 0.05) is 5.92 Å². The van der Waals surface area contributed by atoms with Crippen LogP contribution in [0.1, 0.15) is 34.6 Å². The van der Waals surface area contributed by atoms with Crippen LogP contribution in [0.2, 0.25) is 0 Å². The van der Waals surface area contributed by atoms with Crippen molar-refractivity contribution in [2.24, 2.45) is 5.92 Å². The maximum atomic E-state index is 14.2. The molecule has 0 fully saturated rings. The number of benzene rings is 2. The van der Waals surface area contributed by atoms with Gasteiger partial charge in [-0.1, -0.05) is 43.3 Å². The van der Waals surface area contributed by atoms with Crippen molar-refractivity contribution in [3.05, 3.63) is 71.8 Å². The number of carbonyl (C=O) groups is 2. The van der Waals surface area contributed by atoms with Gasteiger partial charge in [0.2, 0.25) is 0 Å². The fourth-order valence-electron chi connectivity index (χ4n) is 2.58. The molecule has 0 amide bonds. The molecule has 9 heteroatoms. The molecule has 0 aliphatic rings. The lowest BCUT2D eigenvalue weighted by molar-refractivity contribution is -0.377. The summed E-state index contributed by atoms with van der Waals surface area (Å²) in [4.78, 5) is 24.9. The van der Waals surface area contributed by atoms with Crippen LogP contribution in [-0.2, 0) is 9.47 Å². The second-order valence-corrected chi connectivity index (χ2v) is 6.72. The number of aliphatic hydroxyl groups is 2. The lowest BCUT2D eigenvalue weighted by Gasteiger charge is -2.40. The summed E-state index contributed by atoms with van der Waals surface area (Å²) in [6.07, 6.45) is -9.57. The zero-order valence-corrected chi connectivity index (χ0v) is 16.2. The molecule has 0 aliphatic carbocycles. The number of halogens is 3. The molecule has 162 valence electrons. The SMILES string of the molecule is CC(O)C(C)C(O)C(OC(=O)c1ccccc1)(OC(=O)c1ccccc1)C(F)(F)F. The van der Waals surface area contributed by atoms with Crippen LogP contribution < -0.4 is 0 Å². The van der Waals surface area contributed by atoms with Crippen LogP contribution in [0, 0.1) is 5.92 Å². The third-order valence-corrected chi connectivity index (χ3v) is 4.55. The average molecular weight is 426 g/mol. The predicted octanol–water partition coefficient (Wildman–Crippen LogP) is 3.34. The smallest absolute Gasteiger partial charge is 0.408 e. The van der Waals surface area contributed by atoms with Gasteiger partial charge in [0.15, 0.2) is 0 Å². The van der Waals surface area contributed by atoms with E-state index >= 15 is 0 Å². The Kier molecular flexibility index (Phi) is 7.22. The molecule has 2 aromatic rings. The first kappa shape index (κ1) is 23.4. The van der Waals surface area contributed by atoms with Crippen molar-refractivity contribution in [1.29, 1.82) is 0 Å². The zero-order valence-electron chi connectivity index (χ0n) is 16.2. The summed E-state index contributed by atoms with van der Waals surface area (Å²) in [7, 11) is 0. The van der Waals surface area contributed by atoms with E-state index in [4.69, 9.17) is 0 Å². The molecule has 2 aromatic carbocycles. The van der Waals surface area contributed by atoms with Crippen LogP contribution in [0.3, 0.4) is 0 Å². The molecule has 0 heterocycles. The standard InChI is InChI=1S/C21H21F3O6/c1-13(14(2)25)17(26)20(21(22,23)24,29-18(27)15-9-5-3-6-10-15)30-19(28)16-11-7-4-8-12-16/h3-14,17,25-26H,1-2H3. The topological polar surface area (TPSA) is 93.1 Å². The molecule has 6 nitrogen and oxygen atoms in total. The van der Waals surface area contributed by atoms with Crippen molar-refractivity contribution < 1.29 is 42.4 Å². The molecule has 0 spiro atoms. The Balaban J connectivity index is 2.54. The summed E-state index contributed by atoms with van der Waals surface area (Å²) in [5.41, 5.74) is -0.502. The fourth-order valence-corrected chi connectivity index (χ4v) is 2.58. The van der Waals surface area contributed by atoms with Crippen LogP contribution in [0.5, 0.6) is 0 Å². The Hall–Kier alpha value is -2.91. The average Bonchev–Trinajstić information content (AvgIpc) is 2.72. The van der Waals surface area contributed by atoms with E-state index in [1.54, 1.807) is 0 Å². The Morgan fingerprint density at radius 1 is 0.800 bits per heavy atom. The van der Waals surface area contributed by atoms with Crippen LogP contribution in [0.4, 0.5) is 13.2 Å². The van der Waals surface area contributed by atoms with E-state index in [2.05, 4.69) is 9.47 Å². The minimum absolute atomic E-state index is 0.251. The summed E-state index contributed by atoms with van der Waals surface area (Å²) in [6, 6.07) is 13.5. The van der Waals surface area contributed by atoms with Crippen LogP contribution in [0.15, 0.2) is 60.7 Å². The van der Waals surface area contributed by atoms with Crippen molar-refractivity contribution in [3.8, 4) is 0 Å². The Labute approximate surface area is 170 Å². The maximum Gasteiger partial charge on any atom is 0.471 e. The minimum atomic E-state index is -5.52. The van der Waals surface area contributed by atoms with Gasteiger partial charge in [-0.25, -0.2) is 9.59 Å².